The smallest absolute Gasteiger partial charge is 0.265 e. The molecule has 5 nitrogen and oxygen atoms in total. The zero-order chi connectivity index (χ0) is 19.6. The van der Waals surface area contributed by atoms with Crippen molar-refractivity contribution in [1.82, 2.24) is 9.21 Å². The van der Waals surface area contributed by atoms with Gasteiger partial charge in [0, 0.05) is 30.7 Å². The van der Waals surface area contributed by atoms with Crippen molar-refractivity contribution in [3.05, 3.63) is 50.9 Å². The molecule has 0 bridgehead atoms. The van der Waals surface area contributed by atoms with E-state index < -0.39 is 21.7 Å². The van der Waals surface area contributed by atoms with Crippen LogP contribution in [0.3, 0.4) is 0 Å². The molecule has 2 heterocycles. The summed E-state index contributed by atoms with van der Waals surface area (Å²) in [5.41, 5.74) is 0.201. The average molecular weight is 431 g/mol. The van der Waals surface area contributed by atoms with E-state index in [-0.39, 0.29) is 26.9 Å². The monoisotopic (exact) mass is 430 g/mol. The van der Waals surface area contributed by atoms with Crippen LogP contribution in [-0.2, 0) is 16.6 Å². The highest BCUT2D eigenvalue weighted by molar-refractivity contribution is 7.89. The van der Waals surface area contributed by atoms with Crippen LogP contribution >= 0.6 is 22.9 Å². The van der Waals surface area contributed by atoms with E-state index in [2.05, 4.69) is 0 Å². The molecule has 1 saturated heterocycles. The number of nitrogens with zero attached hydrogens (tertiary/aromatic N) is 2. The van der Waals surface area contributed by atoms with Crippen molar-refractivity contribution < 1.29 is 17.6 Å². The number of halogens is 2. The first kappa shape index (κ1) is 20.3. The highest BCUT2D eigenvalue weighted by Crippen LogP contribution is 2.29. The predicted octanol–water partition coefficient (Wildman–Crippen LogP) is 3.99. The van der Waals surface area contributed by atoms with Crippen LogP contribution in [0, 0.1) is 5.82 Å². The van der Waals surface area contributed by atoms with Gasteiger partial charge in [-0.25, -0.2) is 12.8 Å². The molecule has 1 aromatic carbocycles. The van der Waals surface area contributed by atoms with Crippen molar-refractivity contribution in [2.75, 3.05) is 20.1 Å². The first-order valence-corrected chi connectivity index (χ1v) is 11.3. The number of benzene rings is 1. The fourth-order valence-corrected chi connectivity index (χ4v) is 6.20. The number of amides is 1. The number of rotatable bonds is 5. The van der Waals surface area contributed by atoms with Crippen molar-refractivity contribution in [1.29, 1.82) is 0 Å². The first-order valence-electron chi connectivity index (χ1n) is 8.58. The summed E-state index contributed by atoms with van der Waals surface area (Å²) in [5, 5.41) is 1.82. The molecule has 1 aliphatic rings. The Morgan fingerprint density at radius 1 is 1.26 bits per heavy atom. The van der Waals surface area contributed by atoms with Gasteiger partial charge in [-0.3, -0.25) is 4.79 Å². The van der Waals surface area contributed by atoms with Gasteiger partial charge in [-0.2, -0.15) is 4.31 Å². The van der Waals surface area contributed by atoms with Gasteiger partial charge >= 0.3 is 0 Å². The maximum atomic E-state index is 14.0. The van der Waals surface area contributed by atoms with E-state index >= 15 is 0 Å². The van der Waals surface area contributed by atoms with Crippen LogP contribution in [0.1, 0.15) is 34.5 Å². The minimum atomic E-state index is -3.72. The fraction of sp³-hybridized carbons (Fsp3) is 0.389. The zero-order valence-corrected chi connectivity index (χ0v) is 17.2. The van der Waals surface area contributed by atoms with Crippen LogP contribution in [0.4, 0.5) is 4.39 Å². The molecule has 0 atom stereocenters. The van der Waals surface area contributed by atoms with Crippen molar-refractivity contribution in [3.63, 3.8) is 0 Å². The Morgan fingerprint density at radius 3 is 2.63 bits per heavy atom. The lowest BCUT2D eigenvalue weighted by Crippen LogP contribution is -2.36. The van der Waals surface area contributed by atoms with Gasteiger partial charge in [-0.1, -0.05) is 24.1 Å². The number of hydrogen-bond acceptors (Lipinski definition) is 4. The van der Waals surface area contributed by atoms with E-state index in [9.17, 15) is 17.6 Å². The Kier molecular flexibility index (Phi) is 6.20. The topological polar surface area (TPSA) is 57.7 Å². The third-order valence-electron chi connectivity index (χ3n) is 4.56. The lowest BCUT2D eigenvalue weighted by molar-refractivity contribution is 0.0785. The zero-order valence-electron chi connectivity index (χ0n) is 14.8. The summed E-state index contributed by atoms with van der Waals surface area (Å²) in [6.07, 6.45) is 2.64. The van der Waals surface area contributed by atoms with Crippen molar-refractivity contribution >= 4 is 38.9 Å². The number of carbonyl (C=O) groups is 1. The van der Waals surface area contributed by atoms with Gasteiger partial charge in [0.25, 0.3) is 5.91 Å². The van der Waals surface area contributed by atoms with E-state index in [1.807, 2.05) is 0 Å². The molecule has 1 aliphatic heterocycles. The lowest BCUT2D eigenvalue weighted by atomic mass is 10.2. The Balaban J connectivity index is 1.85. The molecule has 0 spiro atoms. The SMILES string of the molecule is CN(Cc1c(F)cccc1Cl)C(=O)c1sccc1S(=O)(=O)N1CCCCC1. The van der Waals surface area contributed by atoms with Gasteiger partial charge in [0.1, 0.15) is 15.6 Å². The largest absolute Gasteiger partial charge is 0.336 e. The molecular weight excluding hydrogens is 411 g/mol. The van der Waals surface area contributed by atoms with Crippen LogP contribution in [-0.4, -0.2) is 43.7 Å². The van der Waals surface area contributed by atoms with Crippen LogP contribution in [0.5, 0.6) is 0 Å². The molecule has 1 amide bonds. The van der Waals surface area contributed by atoms with Crippen LogP contribution in [0.2, 0.25) is 5.02 Å². The summed E-state index contributed by atoms with van der Waals surface area (Å²) in [6.45, 7) is 0.879. The van der Waals surface area contributed by atoms with E-state index in [0.29, 0.717) is 13.1 Å². The molecule has 3 rings (SSSR count). The standard InChI is InChI=1S/C18H20ClFN2O3S2/c1-21(12-13-14(19)6-5-7-15(13)20)18(23)17-16(8-11-26-17)27(24,25)22-9-3-2-4-10-22/h5-8,11H,2-4,9-10,12H2,1H3. The highest BCUT2D eigenvalue weighted by Gasteiger charge is 2.32. The summed E-state index contributed by atoms with van der Waals surface area (Å²) < 4.78 is 41.3. The summed E-state index contributed by atoms with van der Waals surface area (Å²) in [4.78, 5) is 14.3. The Morgan fingerprint density at radius 2 is 1.96 bits per heavy atom. The average Bonchev–Trinajstić information content (AvgIpc) is 3.15. The Hall–Kier alpha value is -1.48. The maximum Gasteiger partial charge on any atom is 0.265 e. The van der Waals surface area contributed by atoms with Gasteiger partial charge in [-0.15, -0.1) is 11.3 Å². The predicted molar refractivity (Wildman–Crippen MR) is 104 cm³/mol. The lowest BCUT2D eigenvalue weighted by Gasteiger charge is -2.26. The van der Waals surface area contributed by atoms with Crippen molar-refractivity contribution in [2.24, 2.45) is 0 Å². The minimum Gasteiger partial charge on any atom is -0.336 e. The number of carbonyl (C=O) groups excluding carboxylic acids is 1. The van der Waals surface area contributed by atoms with Crippen molar-refractivity contribution in [3.8, 4) is 0 Å². The molecule has 2 aromatic rings. The fourth-order valence-electron chi connectivity index (χ4n) is 3.07. The molecule has 0 aliphatic carbocycles. The Labute approximate surface area is 167 Å². The van der Waals surface area contributed by atoms with E-state index in [1.165, 1.54) is 34.5 Å². The summed E-state index contributed by atoms with van der Waals surface area (Å²) in [6, 6.07) is 5.78. The molecule has 9 heteroatoms. The first-order chi connectivity index (χ1) is 12.8. The number of thiophene rings is 1. The van der Waals surface area contributed by atoms with Crippen LogP contribution in [0.15, 0.2) is 34.5 Å². The van der Waals surface area contributed by atoms with Crippen molar-refractivity contribution in [2.45, 2.75) is 30.7 Å². The molecule has 0 unspecified atom stereocenters. The molecule has 1 fully saturated rings. The molecule has 146 valence electrons. The molecule has 0 saturated carbocycles. The maximum absolute atomic E-state index is 14.0. The van der Waals surface area contributed by atoms with Gasteiger partial charge in [0.05, 0.1) is 6.54 Å². The molecule has 0 N–H and O–H groups in total. The molecule has 1 aromatic heterocycles. The van der Waals surface area contributed by atoms with E-state index in [4.69, 9.17) is 11.6 Å². The highest BCUT2D eigenvalue weighted by atomic mass is 35.5. The second-order valence-corrected chi connectivity index (χ2v) is 9.67. The van der Waals surface area contributed by atoms with Crippen LogP contribution < -0.4 is 0 Å². The molecule has 27 heavy (non-hydrogen) atoms. The molecule has 0 radical (unpaired) electrons. The van der Waals surface area contributed by atoms with E-state index in [0.717, 1.165) is 30.6 Å². The number of sulfonamides is 1. The Bertz CT molecular complexity index is 920. The second kappa shape index (κ2) is 8.26. The van der Waals surface area contributed by atoms with Gasteiger partial charge in [-0.05, 0) is 36.4 Å². The summed E-state index contributed by atoms with van der Waals surface area (Å²) >= 11 is 7.10. The third kappa shape index (κ3) is 4.18. The summed E-state index contributed by atoms with van der Waals surface area (Å²) in [7, 11) is -2.22. The second-order valence-electron chi connectivity index (χ2n) is 6.44. The van der Waals surface area contributed by atoms with Crippen LogP contribution in [0.25, 0.3) is 0 Å². The minimum absolute atomic E-state index is 0.0193. The number of hydrogen-bond donors (Lipinski definition) is 0. The normalized spacial score (nSPS) is 15.7. The quantitative estimate of drug-likeness (QED) is 0.720. The summed E-state index contributed by atoms with van der Waals surface area (Å²) in [5.74, 6) is -0.977. The van der Waals surface area contributed by atoms with Gasteiger partial charge in [0.2, 0.25) is 10.0 Å². The third-order valence-corrected chi connectivity index (χ3v) is 7.89. The number of piperidine rings is 1. The van der Waals surface area contributed by atoms with Gasteiger partial charge < -0.3 is 4.90 Å². The van der Waals surface area contributed by atoms with E-state index in [1.54, 1.807) is 11.4 Å². The van der Waals surface area contributed by atoms with Gasteiger partial charge in [0.15, 0.2) is 0 Å². The molecular formula is C18H20ClFN2O3S2.